The maximum absolute atomic E-state index is 13.8. The first kappa shape index (κ1) is 19.9. The topological polar surface area (TPSA) is 110 Å². The summed E-state index contributed by atoms with van der Waals surface area (Å²) in [5, 5.41) is 23.0. The van der Waals surface area contributed by atoms with Gasteiger partial charge in [0.1, 0.15) is 17.1 Å². The van der Waals surface area contributed by atoms with E-state index in [4.69, 9.17) is 16.3 Å². The molecule has 1 N–H and O–H groups in total. The molecule has 10 heteroatoms. The van der Waals surface area contributed by atoms with Gasteiger partial charge in [0.25, 0.3) is 0 Å². The van der Waals surface area contributed by atoms with Gasteiger partial charge in [-0.3, -0.25) is 9.59 Å². The number of hydrogen-bond donors (Lipinski definition) is 1. The van der Waals surface area contributed by atoms with Gasteiger partial charge in [0.05, 0.1) is 24.3 Å². The molecule has 32 heavy (non-hydrogen) atoms. The summed E-state index contributed by atoms with van der Waals surface area (Å²) in [4.78, 5) is 27.7. The van der Waals surface area contributed by atoms with Crippen LogP contribution in [0.3, 0.4) is 0 Å². The van der Waals surface area contributed by atoms with Crippen molar-refractivity contribution in [1.82, 2.24) is 25.1 Å². The fraction of sp³-hybridized carbons (Fsp3) is 0.500. The van der Waals surface area contributed by atoms with Gasteiger partial charge in [-0.15, -0.1) is 5.10 Å². The number of likely N-dealkylation sites (tertiary alicyclic amines) is 1. The van der Waals surface area contributed by atoms with Crippen LogP contribution in [-0.2, 0) is 19.9 Å². The number of carboxylic acids is 1. The summed E-state index contributed by atoms with van der Waals surface area (Å²) < 4.78 is 7.78. The van der Waals surface area contributed by atoms with E-state index in [0.29, 0.717) is 30.2 Å². The minimum atomic E-state index is -0.995. The van der Waals surface area contributed by atoms with Crippen molar-refractivity contribution < 1.29 is 19.4 Å². The van der Waals surface area contributed by atoms with Crippen LogP contribution in [0.25, 0.3) is 5.69 Å². The Morgan fingerprint density at radius 1 is 1.19 bits per heavy atom. The number of carboxylic acid groups (broad SMARTS) is 1. The van der Waals surface area contributed by atoms with Crippen LogP contribution in [0.1, 0.15) is 37.9 Å². The molecule has 1 saturated carbocycles. The first-order valence-corrected chi connectivity index (χ1v) is 11.3. The number of carbonyl (C=O) groups is 2. The number of rotatable bonds is 4. The summed E-state index contributed by atoms with van der Waals surface area (Å²) in [7, 11) is 0. The Labute approximate surface area is 189 Å². The maximum Gasteiger partial charge on any atom is 0.310 e. The van der Waals surface area contributed by atoms with Crippen molar-refractivity contribution in [3.05, 3.63) is 47.3 Å². The van der Waals surface area contributed by atoms with Gasteiger partial charge >= 0.3 is 5.97 Å². The summed E-state index contributed by atoms with van der Waals surface area (Å²) in [6.07, 6.45) is 7.46. The number of aliphatic carboxylic acids is 1. The Balaban J connectivity index is 1.46. The Kier molecular flexibility index (Phi) is 4.26. The van der Waals surface area contributed by atoms with Gasteiger partial charge in [-0.25, -0.2) is 0 Å². The zero-order chi connectivity index (χ0) is 22.1. The molecule has 4 aliphatic rings. The lowest BCUT2D eigenvalue weighted by atomic mass is 9.77. The van der Waals surface area contributed by atoms with Gasteiger partial charge < -0.3 is 14.7 Å². The molecule has 1 aromatic carbocycles. The van der Waals surface area contributed by atoms with Crippen LogP contribution in [0.4, 0.5) is 0 Å². The van der Waals surface area contributed by atoms with E-state index < -0.39 is 35.0 Å². The molecule has 4 atom stereocenters. The van der Waals surface area contributed by atoms with Gasteiger partial charge in [-0.2, -0.15) is 4.68 Å². The number of fused-ring (bicyclic) bond motifs is 1. The molecule has 2 aromatic rings. The highest BCUT2D eigenvalue weighted by atomic mass is 35.5. The summed E-state index contributed by atoms with van der Waals surface area (Å²) in [5.74, 6) is -2.18. The lowest BCUT2D eigenvalue weighted by molar-refractivity contribution is -0.150. The third kappa shape index (κ3) is 2.58. The number of hydrogen-bond acceptors (Lipinski definition) is 6. The normalized spacial score (nSPS) is 32.5. The van der Waals surface area contributed by atoms with Crippen molar-refractivity contribution in [2.24, 2.45) is 11.8 Å². The summed E-state index contributed by atoms with van der Waals surface area (Å²) in [6, 6.07) is 7.22. The molecular weight excluding hydrogens is 434 g/mol. The molecule has 166 valence electrons. The number of ether oxygens (including phenoxy) is 1. The highest BCUT2D eigenvalue weighted by molar-refractivity contribution is 6.30. The van der Waals surface area contributed by atoms with Crippen LogP contribution >= 0.6 is 11.6 Å². The van der Waals surface area contributed by atoms with E-state index in [1.807, 2.05) is 23.1 Å². The Morgan fingerprint density at radius 2 is 1.94 bits per heavy atom. The minimum absolute atomic E-state index is 0.184. The quantitative estimate of drug-likeness (QED) is 0.704. The first-order chi connectivity index (χ1) is 15.5. The number of nitrogens with zero attached hydrogens (tertiary/aromatic N) is 5. The molecule has 9 nitrogen and oxygen atoms in total. The lowest BCUT2D eigenvalue weighted by Gasteiger charge is -2.44. The number of benzene rings is 1. The third-order valence-corrected chi connectivity index (χ3v) is 7.79. The molecule has 1 amide bonds. The summed E-state index contributed by atoms with van der Waals surface area (Å²) >= 11 is 6.06. The van der Waals surface area contributed by atoms with Crippen LogP contribution in [0.5, 0.6) is 0 Å². The fourth-order valence-electron chi connectivity index (χ4n) is 6.13. The van der Waals surface area contributed by atoms with Crippen molar-refractivity contribution >= 4 is 23.5 Å². The van der Waals surface area contributed by atoms with E-state index in [9.17, 15) is 14.7 Å². The van der Waals surface area contributed by atoms with E-state index in [-0.39, 0.29) is 5.91 Å². The minimum Gasteiger partial charge on any atom is -0.481 e. The molecule has 4 unspecified atom stereocenters. The Bertz CT molecular complexity index is 1130. The second-order valence-electron chi connectivity index (χ2n) is 9.15. The Hall–Kier alpha value is -2.78. The predicted molar refractivity (Wildman–Crippen MR) is 112 cm³/mol. The molecule has 1 aliphatic carbocycles. The van der Waals surface area contributed by atoms with Crippen molar-refractivity contribution in [3.8, 4) is 5.69 Å². The number of amides is 1. The number of aromatic nitrogens is 4. The molecular formula is C22H22ClN5O4. The molecule has 2 saturated heterocycles. The smallest absolute Gasteiger partial charge is 0.310 e. The summed E-state index contributed by atoms with van der Waals surface area (Å²) in [5.41, 5.74) is -0.867. The summed E-state index contributed by atoms with van der Waals surface area (Å²) in [6.45, 7) is 0.306. The van der Waals surface area contributed by atoms with Crippen LogP contribution in [-0.4, -0.2) is 60.3 Å². The van der Waals surface area contributed by atoms with Crippen molar-refractivity contribution in [2.45, 2.75) is 49.3 Å². The third-order valence-electron chi connectivity index (χ3n) is 7.54. The zero-order valence-electron chi connectivity index (χ0n) is 17.2. The second kappa shape index (κ2) is 6.86. The molecule has 6 rings (SSSR count). The maximum atomic E-state index is 13.8. The highest BCUT2D eigenvalue weighted by Gasteiger charge is 2.69. The van der Waals surface area contributed by atoms with Crippen molar-refractivity contribution in [3.63, 3.8) is 0 Å². The van der Waals surface area contributed by atoms with E-state index >= 15 is 0 Å². The van der Waals surface area contributed by atoms with Gasteiger partial charge in [0.15, 0.2) is 5.82 Å². The molecule has 2 bridgehead atoms. The number of halogens is 1. The molecule has 0 radical (unpaired) electrons. The SMILES string of the molecule is O=C(O)C1C2C=CC3(CN(C4(c5nnnn5-c5ccc(Cl)cc5)CCCCC4)C(=O)C13)O2. The second-order valence-corrected chi connectivity index (χ2v) is 9.58. The van der Waals surface area contributed by atoms with E-state index in [1.54, 1.807) is 22.9 Å². The van der Waals surface area contributed by atoms with E-state index in [2.05, 4.69) is 15.5 Å². The van der Waals surface area contributed by atoms with Gasteiger partial charge in [-0.05, 0) is 47.5 Å². The highest BCUT2D eigenvalue weighted by Crippen LogP contribution is 2.56. The molecule has 3 fully saturated rings. The average molecular weight is 456 g/mol. The van der Waals surface area contributed by atoms with Gasteiger partial charge in [0, 0.05) is 5.02 Å². The lowest BCUT2D eigenvalue weighted by Crippen LogP contribution is -2.52. The largest absolute Gasteiger partial charge is 0.481 e. The van der Waals surface area contributed by atoms with Gasteiger partial charge in [-0.1, -0.05) is 43.0 Å². The van der Waals surface area contributed by atoms with Crippen LogP contribution < -0.4 is 0 Å². The Morgan fingerprint density at radius 3 is 2.66 bits per heavy atom. The van der Waals surface area contributed by atoms with Crippen LogP contribution in [0.2, 0.25) is 5.02 Å². The van der Waals surface area contributed by atoms with Crippen molar-refractivity contribution in [1.29, 1.82) is 0 Å². The van der Waals surface area contributed by atoms with Crippen molar-refractivity contribution in [2.75, 3.05) is 6.54 Å². The first-order valence-electron chi connectivity index (χ1n) is 10.9. The average Bonchev–Trinajstić information content (AvgIpc) is 3.56. The monoisotopic (exact) mass is 455 g/mol. The standard InChI is InChI=1S/C22H22ClN5O4/c23-13-4-6-14(7-5-13)28-20(24-25-26-28)21(9-2-1-3-10-21)27-12-22-11-8-15(32-22)16(19(30)31)17(22)18(27)29/h4-8,11,15-17H,1-3,9-10,12H2,(H,30,31). The van der Waals surface area contributed by atoms with Gasteiger partial charge in [0.2, 0.25) is 5.91 Å². The zero-order valence-corrected chi connectivity index (χ0v) is 18.0. The fourth-order valence-corrected chi connectivity index (χ4v) is 6.25. The van der Waals surface area contributed by atoms with Crippen LogP contribution in [0.15, 0.2) is 36.4 Å². The predicted octanol–water partition coefficient (Wildman–Crippen LogP) is 2.34. The molecule has 1 aromatic heterocycles. The molecule has 3 aliphatic heterocycles. The van der Waals surface area contributed by atoms with E-state index in [0.717, 1.165) is 24.9 Å². The van der Waals surface area contributed by atoms with E-state index in [1.165, 1.54) is 0 Å². The number of carbonyl (C=O) groups excluding carboxylic acids is 1. The molecule has 4 heterocycles. The molecule has 1 spiro atoms. The number of tetrazole rings is 1. The van der Waals surface area contributed by atoms with Crippen LogP contribution in [0, 0.1) is 11.8 Å².